The molecule has 3 N–H and O–H groups in total. The van der Waals surface area contributed by atoms with Crippen molar-refractivity contribution in [3.8, 4) is 0 Å². The molecule has 1 aliphatic heterocycles. The molecule has 1 saturated heterocycles. The topological polar surface area (TPSA) is 89.2 Å². The van der Waals surface area contributed by atoms with Crippen LogP contribution in [0.2, 0.25) is 0 Å². The van der Waals surface area contributed by atoms with E-state index in [2.05, 4.69) is 32.2 Å². The van der Waals surface area contributed by atoms with E-state index in [1.165, 1.54) is 19.3 Å². The van der Waals surface area contributed by atoms with Gasteiger partial charge in [-0.3, -0.25) is 5.43 Å². The molecule has 0 saturated carbocycles. The quantitative estimate of drug-likeness (QED) is 0.337. The van der Waals surface area contributed by atoms with E-state index in [4.69, 9.17) is 10.6 Å². The summed E-state index contributed by atoms with van der Waals surface area (Å²) in [5.41, 5.74) is 2.51. The summed E-state index contributed by atoms with van der Waals surface area (Å²) in [6.07, 6.45) is 3.62. The molecule has 2 rings (SSSR count). The van der Waals surface area contributed by atoms with Gasteiger partial charge in [0.05, 0.1) is 13.2 Å². The van der Waals surface area contributed by atoms with Gasteiger partial charge >= 0.3 is 0 Å². The van der Waals surface area contributed by atoms with Crippen molar-refractivity contribution in [3.63, 3.8) is 0 Å². The molecule has 1 aromatic rings. The van der Waals surface area contributed by atoms with Crippen LogP contribution in [0.3, 0.4) is 0 Å². The van der Waals surface area contributed by atoms with Crippen LogP contribution < -0.4 is 16.2 Å². The molecule has 112 valence electrons. The van der Waals surface area contributed by atoms with Crippen LogP contribution in [0.1, 0.15) is 26.2 Å². The van der Waals surface area contributed by atoms with Crippen LogP contribution in [-0.2, 0) is 4.74 Å². The van der Waals surface area contributed by atoms with Gasteiger partial charge in [-0.15, -0.1) is 0 Å². The molecule has 20 heavy (non-hydrogen) atoms. The predicted molar refractivity (Wildman–Crippen MR) is 80.9 cm³/mol. The van der Waals surface area contributed by atoms with Gasteiger partial charge in [0, 0.05) is 18.8 Å². The SMILES string of the molecule is CCCCCSc1nc(NN)nc(N2CCOCC2)n1. The number of nitrogens with two attached hydrogens (primary N) is 1. The van der Waals surface area contributed by atoms with Gasteiger partial charge in [0.15, 0.2) is 5.16 Å². The summed E-state index contributed by atoms with van der Waals surface area (Å²) < 4.78 is 5.34. The Labute approximate surface area is 123 Å². The Morgan fingerprint density at radius 1 is 1.25 bits per heavy atom. The zero-order valence-electron chi connectivity index (χ0n) is 11.8. The summed E-state index contributed by atoms with van der Waals surface area (Å²) in [5.74, 6) is 7.55. The number of hydrogen-bond donors (Lipinski definition) is 2. The molecule has 1 fully saturated rings. The van der Waals surface area contributed by atoms with Crippen molar-refractivity contribution in [2.45, 2.75) is 31.3 Å². The maximum atomic E-state index is 5.44. The number of nitrogen functional groups attached to an aromatic ring is 1. The minimum Gasteiger partial charge on any atom is -0.378 e. The molecule has 0 unspecified atom stereocenters. The molecule has 0 spiro atoms. The highest BCUT2D eigenvalue weighted by Gasteiger charge is 2.16. The molecule has 1 aromatic heterocycles. The van der Waals surface area contributed by atoms with Gasteiger partial charge in [-0.1, -0.05) is 31.5 Å². The lowest BCUT2D eigenvalue weighted by molar-refractivity contribution is 0.122. The lowest BCUT2D eigenvalue weighted by atomic mass is 10.3. The first-order chi connectivity index (χ1) is 9.83. The lowest BCUT2D eigenvalue weighted by Gasteiger charge is -2.26. The van der Waals surface area contributed by atoms with E-state index in [9.17, 15) is 0 Å². The normalized spacial score (nSPS) is 15.4. The van der Waals surface area contributed by atoms with Gasteiger partial charge in [0.25, 0.3) is 0 Å². The first kappa shape index (κ1) is 15.3. The summed E-state index contributed by atoms with van der Waals surface area (Å²) in [6.45, 7) is 5.20. The fourth-order valence-corrected chi connectivity index (χ4v) is 2.72. The van der Waals surface area contributed by atoms with Gasteiger partial charge < -0.3 is 9.64 Å². The van der Waals surface area contributed by atoms with Crippen LogP contribution in [0.25, 0.3) is 0 Å². The maximum Gasteiger partial charge on any atom is 0.242 e. The molecule has 1 aliphatic rings. The van der Waals surface area contributed by atoms with Crippen molar-refractivity contribution in [1.29, 1.82) is 0 Å². The average Bonchev–Trinajstić information content (AvgIpc) is 2.52. The third-order valence-corrected chi connectivity index (χ3v) is 3.94. The second-order valence-corrected chi connectivity index (χ2v) is 5.60. The Morgan fingerprint density at radius 3 is 2.75 bits per heavy atom. The smallest absolute Gasteiger partial charge is 0.242 e. The Balaban J connectivity index is 2.03. The third kappa shape index (κ3) is 4.46. The minimum absolute atomic E-state index is 0.416. The summed E-state index contributed by atoms with van der Waals surface area (Å²) in [4.78, 5) is 15.2. The van der Waals surface area contributed by atoms with Crippen LogP contribution in [0.4, 0.5) is 11.9 Å². The second-order valence-electron chi connectivity index (χ2n) is 4.54. The van der Waals surface area contributed by atoms with Crippen molar-refractivity contribution in [2.75, 3.05) is 42.4 Å². The number of morpholine rings is 1. The van der Waals surface area contributed by atoms with E-state index in [1.807, 2.05) is 0 Å². The maximum absolute atomic E-state index is 5.44. The van der Waals surface area contributed by atoms with Crippen LogP contribution in [-0.4, -0.2) is 47.0 Å². The van der Waals surface area contributed by atoms with Crippen molar-refractivity contribution in [3.05, 3.63) is 0 Å². The van der Waals surface area contributed by atoms with Crippen molar-refractivity contribution >= 4 is 23.7 Å². The van der Waals surface area contributed by atoms with Crippen LogP contribution >= 0.6 is 11.8 Å². The van der Waals surface area contributed by atoms with E-state index in [1.54, 1.807) is 11.8 Å². The lowest BCUT2D eigenvalue weighted by Crippen LogP contribution is -2.37. The number of aromatic nitrogens is 3. The van der Waals surface area contributed by atoms with Crippen molar-refractivity contribution < 1.29 is 4.74 Å². The van der Waals surface area contributed by atoms with Crippen molar-refractivity contribution in [1.82, 2.24) is 15.0 Å². The summed E-state index contributed by atoms with van der Waals surface area (Å²) >= 11 is 1.65. The van der Waals surface area contributed by atoms with E-state index in [0.29, 0.717) is 25.1 Å². The average molecular weight is 298 g/mol. The number of hydrogen-bond acceptors (Lipinski definition) is 8. The minimum atomic E-state index is 0.416. The predicted octanol–water partition coefficient (Wildman–Crippen LogP) is 1.28. The summed E-state index contributed by atoms with van der Waals surface area (Å²) in [5, 5.41) is 0.727. The number of ether oxygens (including phenoxy) is 1. The molecule has 0 amide bonds. The molecule has 8 heteroatoms. The number of hydrazine groups is 1. The Hall–Kier alpha value is -1.12. The Bertz CT molecular complexity index is 413. The number of anilines is 2. The second kappa shape index (κ2) is 8.23. The highest BCUT2D eigenvalue weighted by atomic mass is 32.2. The molecular weight excluding hydrogens is 276 g/mol. The largest absolute Gasteiger partial charge is 0.378 e. The molecule has 0 aromatic carbocycles. The van der Waals surface area contributed by atoms with Crippen LogP contribution in [0.5, 0.6) is 0 Å². The number of nitrogens with zero attached hydrogens (tertiary/aromatic N) is 4. The van der Waals surface area contributed by atoms with E-state index < -0.39 is 0 Å². The zero-order chi connectivity index (χ0) is 14.2. The number of nitrogens with one attached hydrogen (secondary N) is 1. The summed E-state index contributed by atoms with van der Waals surface area (Å²) in [7, 11) is 0. The number of rotatable bonds is 7. The standard InChI is InChI=1S/C12H22N6OS/c1-2-3-4-9-20-12-15-10(17-13)14-11(16-12)18-5-7-19-8-6-18/h2-9,13H2,1H3,(H,14,15,16,17). The number of unbranched alkanes of at least 4 members (excludes halogenated alkanes) is 2. The molecule has 0 radical (unpaired) electrons. The van der Waals surface area contributed by atoms with Crippen LogP contribution in [0, 0.1) is 0 Å². The Morgan fingerprint density at radius 2 is 2.05 bits per heavy atom. The van der Waals surface area contributed by atoms with Gasteiger partial charge in [0.1, 0.15) is 0 Å². The molecule has 7 nitrogen and oxygen atoms in total. The molecule has 0 aliphatic carbocycles. The van der Waals surface area contributed by atoms with Gasteiger partial charge in [0.2, 0.25) is 11.9 Å². The molecule has 0 bridgehead atoms. The van der Waals surface area contributed by atoms with E-state index in [-0.39, 0.29) is 0 Å². The molecule has 0 atom stereocenters. The summed E-state index contributed by atoms with van der Waals surface area (Å²) in [6, 6.07) is 0. The first-order valence-electron chi connectivity index (χ1n) is 7.01. The van der Waals surface area contributed by atoms with E-state index in [0.717, 1.165) is 24.0 Å². The van der Waals surface area contributed by atoms with Crippen LogP contribution in [0.15, 0.2) is 5.16 Å². The van der Waals surface area contributed by atoms with Gasteiger partial charge in [-0.25, -0.2) is 5.84 Å². The fraction of sp³-hybridized carbons (Fsp3) is 0.750. The Kier molecular flexibility index (Phi) is 6.28. The molecule has 2 heterocycles. The molecular formula is C12H22N6OS. The zero-order valence-corrected chi connectivity index (χ0v) is 12.7. The van der Waals surface area contributed by atoms with E-state index >= 15 is 0 Å². The monoisotopic (exact) mass is 298 g/mol. The van der Waals surface area contributed by atoms with Gasteiger partial charge in [-0.05, 0) is 6.42 Å². The van der Waals surface area contributed by atoms with Crippen molar-refractivity contribution in [2.24, 2.45) is 5.84 Å². The highest BCUT2D eigenvalue weighted by Crippen LogP contribution is 2.20. The van der Waals surface area contributed by atoms with Gasteiger partial charge in [-0.2, -0.15) is 15.0 Å². The third-order valence-electron chi connectivity index (χ3n) is 3.01. The fourth-order valence-electron chi connectivity index (χ4n) is 1.90. The highest BCUT2D eigenvalue weighted by molar-refractivity contribution is 7.99. The first-order valence-corrected chi connectivity index (χ1v) is 8.00. The number of thioether (sulfide) groups is 1.